The number of halogens is 1. The van der Waals surface area contributed by atoms with Crippen LogP contribution in [-0.4, -0.2) is 52.9 Å². The van der Waals surface area contributed by atoms with E-state index in [0.717, 1.165) is 19.6 Å². The molecule has 138 valence electrons. The Morgan fingerprint density at radius 3 is 2.62 bits per heavy atom. The first-order chi connectivity index (χ1) is 12.6. The van der Waals surface area contributed by atoms with Crippen molar-refractivity contribution in [1.82, 2.24) is 14.8 Å². The Bertz CT molecular complexity index is 717. The minimum absolute atomic E-state index is 0.0508. The SMILES string of the molecule is N[C@@H](CC(=O)N1CCN(Cc2cccnc2)CC1)Cc1ccccc1F. The molecule has 0 radical (unpaired) electrons. The van der Waals surface area contributed by atoms with Crippen molar-refractivity contribution >= 4 is 5.91 Å². The summed E-state index contributed by atoms with van der Waals surface area (Å²) in [5.74, 6) is -0.214. The molecule has 1 saturated heterocycles. The van der Waals surface area contributed by atoms with Crippen molar-refractivity contribution in [3.8, 4) is 0 Å². The highest BCUT2D eigenvalue weighted by Gasteiger charge is 2.23. The topological polar surface area (TPSA) is 62.5 Å². The standard InChI is InChI=1S/C20H25FN4O/c21-19-6-2-1-5-17(19)12-18(22)13-20(26)25-10-8-24(9-11-25)15-16-4-3-7-23-14-16/h1-7,14,18H,8-13,15,22H2/t18-/m1/s1. The number of nitrogens with two attached hydrogens (primary N) is 1. The normalized spacial score (nSPS) is 16.5. The van der Waals surface area contributed by atoms with Gasteiger partial charge in [-0.3, -0.25) is 14.7 Å². The fraction of sp³-hybridized carbons (Fsp3) is 0.400. The summed E-state index contributed by atoms with van der Waals surface area (Å²) in [6.07, 6.45) is 4.26. The lowest BCUT2D eigenvalue weighted by molar-refractivity contribution is -0.133. The zero-order valence-electron chi connectivity index (χ0n) is 14.9. The second-order valence-electron chi connectivity index (χ2n) is 6.78. The van der Waals surface area contributed by atoms with Crippen molar-refractivity contribution in [1.29, 1.82) is 0 Å². The number of hydrogen-bond acceptors (Lipinski definition) is 4. The molecule has 1 aromatic heterocycles. The first-order valence-corrected chi connectivity index (χ1v) is 9.00. The zero-order valence-corrected chi connectivity index (χ0v) is 14.9. The summed E-state index contributed by atoms with van der Waals surface area (Å²) in [6, 6.07) is 10.2. The molecule has 5 nitrogen and oxygen atoms in total. The van der Waals surface area contributed by atoms with E-state index in [2.05, 4.69) is 16.0 Å². The molecule has 2 N–H and O–H groups in total. The summed E-state index contributed by atoms with van der Waals surface area (Å²) in [5.41, 5.74) is 7.82. The van der Waals surface area contributed by atoms with Gasteiger partial charge in [-0.05, 0) is 29.7 Å². The molecule has 0 spiro atoms. The van der Waals surface area contributed by atoms with Crippen molar-refractivity contribution in [3.63, 3.8) is 0 Å². The van der Waals surface area contributed by atoms with Crippen LogP contribution < -0.4 is 5.73 Å². The first kappa shape index (κ1) is 18.5. The molecule has 1 aliphatic heterocycles. The highest BCUT2D eigenvalue weighted by molar-refractivity contribution is 5.77. The quantitative estimate of drug-likeness (QED) is 0.858. The van der Waals surface area contributed by atoms with Gasteiger partial charge in [0.2, 0.25) is 5.91 Å². The van der Waals surface area contributed by atoms with E-state index >= 15 is 0 Å². The lowest BCUT2D eigenvalue weighted by Gasteiger charge is -2.35. The van der Waals surface area contributed by atoms with E-state index in [4.69, 9.17) is 5.73 Å². The predicted molar refractivity (Wildman–Crippen MR) is 98.8 cm³/mol. The largest absolute Gasteiger partial charge is 0.340 e. The number of hydrogen-bond donors (Lipinski definition) is 1. The molecule has 1 aliphatic rings. The van der Waals surface area contributed by atoms with Gasteiger partial charge in [0, 0.05) is 57.6 Å². The van der Waals surface area contributed by atoms with Gasteiger partial charge in [0.1, 0.15) is 5.82 Å². The molecule has 0 saturated carbocycles. The third-order valence-electron chi connectivity index (χ3n) is 4.73. The van der Waals surface area contributed by atoms with Crippen LogP contribution in [0.4, 0.5) is 4.39 Å². The number of nitrogens with zero attached hydrogens (tertiary/aromatic N) is 3. The smallest absolute Gasteiger partial charge is 0.224 e. The Balaban J connectivity index is 1.44. The third kappa shape index (κ3) is 5.09. The van der Waals surface area contributed by atoms with Crippen molar-refractivity contribution in [3.05, 3.63) is 65.7 Å². The molecule has 26 heavy (non-hydrogen) atoms. The van der Waals surface area contributed by atoms with Crippen LogP contribution in [0.5, 0.6) is 0 Å². The van der Waals surface area contributed by atoms with Crippen LogP contribution in [0.2, 0.25) is 0 Å². The molecule has 1 fully saturated rings. The van der Waals surface area contributed by atoms with Crippen LogP contribution in [-0.2, 0) is 17.8 Å². The minimum Gasteiger partial charge on any atom is -0.340 e. The number of benzene rings is 1. The van der Waals surface area contributed by atoms with Crippen molar-refractivity contribution < 1.29 is 9.18 Å². The van der Waals surface area contributed by atoms with Crippen LogP contribution in [0.15, 0.2) is 48.8 Å². The Morgan fingerprint density at radius 2 is 1.92 bits per heavy atom. The van der Waals surface area contributed by atoms with Crippen molar-refractivity contribution in [2.24, 2.45) is 5.73 Å². The molecule has 1 atom stereocenters. The third-order valence-corrected chi connectivity index (χ3v) is 4.73. The van der Waals surface area contributed by atoms with Gasteiger partial charge >= 0.3 is 0 Å². The second-order valence-corrected chi connectivity index (χ2v) is 6.78. The van der Waals surface area contributed by atoms with E-state index in [9.17, 15) is 9.18 Å². The Labute approximate surface area is 153 Å². The predicted octanol–water partition coefficient (Wildman–Crippen LogP) is 1.83. The van der Waals surface area contributed by atoms with E-state index in [-0.39, 0.29) is 24.2 Å². The van der Waals surface area contributed by atoms with E-state index in [1.165, 1.54) is 11.6 Å². The summed E-state index contributed by atoms with van der Waals surface area (Å²) in [6.45, 7) is 3.92. The summed E-state index contributed by atoms with van der Waals surface area (Å²) in [5, 5.41) is 0. The molecular weight excluding hydrogens is 331 g/mol. The monoisotopic (exact) mass is 356 g/mol. The summed E-state index contributed by atoms with van der Waals surface area (Å²) < 4.78 is 13.7. The van der Waals surface area contributed by atoms with Gasteiger partial charge in [0.05, 0.1) is 0 Å². The maximum atomic E-state index is 13.7. The van der Waals surface area contributed by atoms with E-state index in [1.807, 2.05) is 17.2 Å². The molecule has 2 heterocycles. The van der Waals surface area contributed by atoms with Gasteiger partial charge in [-0.2, -0.15) is 0 Å². The molecule has 6 heteroatoms. The first-order valence-electron chi connectivity index (χ1n) is 9.00. The molecule has 2 aromatic rings. The van der Waals surface area contributed by atoms with Crippen LogP contribution in [0.3, 0.4) is 0 Å². The fourth-order valence-electron chi connectivity index (χ4n) is 3.28. The minimum atomic E-state index is -0.368. The number of carbonyl (C=O) groups excluding carboxylic acids is 1. The summed E-state index contributed by atoms with van der Waals surface area (Å²) in [7, 11) is 0. The average Bonchev–Trinajstić information content (AvgIpc) is 2.65. The Kier molecular flexibility index (Phi) is 6.30. The van der Waals surface area contributed by atoms with Crippen LogP contribution >= 0.6 is 0 Å². The molecule has 0 aliphatic carbocycles. The average molecular weight is 356 g/mol. The van der Waals surface area contributed by atoms with Gasteiger partial charge in [0.15, 0.2) is 0 Å². The van der Waals surface area contributed by atoms with Gasteiger partial charge in [-0.25, -0.2) is 4.39 Å². The summed E-state index contributed by atoms with van der Waals surface area (Å²) >= 11 is 0. The molecule has 1 amide bonds. The van der Waals surface area contributed by atoms with Crippen molar-refractivity contribution in [2.45, 2.75) is 25.4 Å². The lowest BCUT2D eigenvalue weighted by atomic mass is 10.0. The van der Waals surface area contributed by atoms with Crippen LogP contribution in [0.25, 0.3) is 0 Å². The fourth-order valence-corrected chi connectivity index (χ4v) is 3.28. The van der Waals surface area contributed by atoms with Gasteiger partial charge in [0.25, 0.3) is 0 Å². The van der Waals surface area contributed by atoms with Gasteiger partial charge < -0.3 is 10.6 Å². The molecule has 1 aromatic carbocycles. The Hall–Kier alpha value is -2.31. The zero-order chi connectivity index (χ0) is 18.4. The maximum absolute atomic E-state index is 13.7. The van der Waals surface area contributed by atoms with E-state index in [1.54, 1.807) is 24.4 Å². The molecule has 3 rings (SSSR count). The Morgan fingerprint density at radius 1 is 1.15 bits per heavy atom. The number of pyridine rings is 1. The van der Waals surface area contributed by atoms with Crippen LogP contribution in [0.1, 0.15) is 17.5 Å². The van der Waals surface area contributed by atoms with Gasteiger partial charge in [-0.15, -0.1) is 0 Å². The van der Waals surface area contributed by atoms with Gasteiger partial charge in [-0.1, -0.05) is 24.3 Å². The highest BCUT2D eigenvalue weighted by atomic mass is 19.1. The second kappa shape index (κ2) is 8.87. The van der Waals surface area contributed by atoms with Crippen LogP contribution in [0, 0.1) is 5.82 Å². The highest BCUT2D eigenvalue weighted by Crippen LogP contribution is 2.12. The molecule has 0 unspecified atom stereocenters. The molecule has 0 bridgehead atoms. The summed E-state index contributed by atoms with van der Waals surface area (Å²) in [4.78, 5) is 20.8. The van der Waals surface area contributed by atoms with Crippen molar-refractivity contribution in [2.75, 3.05) is 26.2 Å². The molecular formula is C20H25FN4O. The van der Waals surface area contributed by atoms with E-state index in [0.29, 0.717) is 25.1 Å². The van der Waals surface area contributed by atoms with E-state index < -0.39 is 0 Å². The number of piperazine rings is 1. The maximum Gasteiger partial charge on any atom is 0.224 e. The number of carbonyl (C=O) groups is 1. The number of amides is 1. The number of rotatable bonds is 6. The lowest BCUT2D eigenvalue weighted by Crippen LogP contribution is -2.49. The number of aromatic nitrogens is 1.